The molecule has 1 nitrogen and oxygen atoms in total. The molecular weight excluding hydrogens is 337 g/mol. The molecule has 2 rings (SSSR count). The Morgan fingerprint density at radius 3 is 2.83 bits per heavy atom. The van der Waals surface area contributed by atoms with Crippen LogP contribution in [0.4, 0.5) is 4.39 Å². The quantitative estimate of drug-likeness (QED) is 0.836. The van der Waals surface area contributed by atoms with Gasteiger partial charge in [-0.25, -0.2) is 4.39 Å². The Labute approximate surface area is 123 Å². The summed E-state index contributed by atoms with van der Waals surface area (Å²) in [5.41, 5.74) is 0.631. The molecule has 0 aliphatic rings. The van der Waals surface area contributed by atoms with Crippen LogP contribution in [0, 0.1) is 5.82 Å². The summed E-state index contributed by atoms with van der Waals surface area (Å²) < 4.78 is 14.7. The van der Waals surface area contributed by atoms with Gasteiger partial charge in [0.05, 0.1) is 0 Å². The van der Waals surface area contributed by atoms with Gasteiger partial charge in [-0.1, -0.05) is 11.6 Å². The summed E-state index contributed by atoms with van der Waals surface area (Å²) >= 11 is 11.0. The lowest BCUT2D eigenvalue weighted by atomic mass is 10.0. The molecule has 1 heterocycles. The lowest BCUT2D eigenvalue weighted by Crippen LogP contribution is -2.18. The maximum absolute atomic E-state index is 13.7. The van der Waals surface area contributed by atoms with E-state index in [4.69, 9.17) is 11.6 Å². The highest BCUT2D eigenvalue weighted by atomic mass is 79.9. The van der Waals surface area contributed by atoms with E-state index in [1.165, 1.54) is 10.9 Å². The second kappa shape index (κ2) is 6.15. The van der Waals surface area contributed by atoms with Crippen LogP contribution in [-0.2, 0) is 6.42 Å². The maximum Gasteiger partial charge on any atom is 0.126 e. The predicted molar refractivity (Wildman–Crippen MR) is 78.9 cm³/mol. The number of halogens is 3. The molecule has 18 heavy (non-hydrogen) atoms. The van der Waals surface area contributed by atoms with Crippen molar-refractivity contribution in [2.45, 2.75) is 12.5 Å². The average molecular weight is 349 g/mol. The summed E-state index contributed by atoms with van der Waals surface area (Å²) in [4.78, 5) is 1.17. The number of thiophene rings is 1. The molecule has 0 bridgehead atoms. The zero-order valence-electron chi connectivity index (χ0n) is 9.71. The molecule has 1 aromatic carbocycles. The van der Waals surface area contributed by atoms with Gasteiger partial charge >= 0.3 is 0 Å². The molecule has 0 saturated heterocycles. The first-order chi connectivity index (χ1) is 8.60. The van der Waals surface area contributed by atoms with Crippen LogP contribution in [0.2, 0.25) is 5.02 Å². The van der Waals surface area contributed by atoms with Gasteiger partial charge < -0.3 is 5.32 Å². The summed E-state index contributed by atoms with van der Waals surface area (Å²) in [5.74, 6) is -0.213. The molecule has 0 fully saturated rings. The van der Waals surface area contributed by atoms with E-state index in [2.05, 4.69) is 21.2 Å². The fourth-order valence-corrected chi connectivity index (χ4v) is 3.53. The highest BCUT2D eigenvalue weighted by molar-refractivity contribution is 9.10. The van der Waals surface area contributed by atoms with E-state index in [-0.39, 0.29) is 11.9 Å². The molecular formula is C13H12BrClFNS. The molecule has 1 unspecified atom stereocenters. The lowest BCUT2D eigenvalue weighted by molar-refractivity contribution is 0.560. The highest BCUT2D eigenvalue weighted by Gasteiger charge is 2.15. The summed E-state index contributed by atoms with van der Waals surface area (Å²) in [6, 6.07) is 6.80. The van der Waals surface area contributed by atoms with Crippen molar-refractivity contribution in [3.8, 4) is 0 Å². The zero-order valence-corrected chi connectivity index (χ0v) is 12.9. The molecule has 1 N–H and O–H groups in total. The van der Waals surface area contributed by atoms with Crippen LogP contribution < -0.4 is 5.32 Å². The Morgan fingerprint density at radius 2 is 2.22 bits per heavy atom. The summed E-state index contributed by atoms with van der Waals surface area (Å²) in [6.45, 7) is 0. The molecule has 0 radical (unpaired) electrons. The number of benzene rings is 1. The molecule has 0 aliphatic carbocycles. The van der Waals surface area contributed by atoms with Crippen LogP contribution in [0.15, 0.2) is 34.1 Å². The fourth-order valence-electron chi connectivity index (χ4n) is 1.78. The Morgan fingerprint density at radius 1 is 1.44 bits per heavy atom. The van der Waals surface area contributed by atoms with Crippen LogP contribution in [0.1, 0.15) is 16.5 Å². The summed E-state index contributed by atoms with van der Waals surface area (Å²) in [5, 5.41) is 5.79. The van der Waals surface area contributed by atoms with Crippen molar-refractivity contribution in [2.75, 3.05) is 7.05 Å². The second-order valence-corrected chi connectivity index (χ2v) is 6.24. The van der Waals surface area contributed by atoms with Crippen LogP contribution in [-0.4, -0.2) is 7.05 Å². The molecule has 0 aliphatic heterocycles. The smallest absolute Gasteiger partial charge is 0.126 e. The fraction of sp³-hybridized carbons (Fsp3) is 0.231. The van der Waals surface area contributed by atoms with Crippen LogP contribution in [0.25, 0.3) is 0 Å². The third-order valence-electron chi connectivity index (χ3n) is 2.71. The molecule has 0 saturated carbocycles. The van der Waals surface area contributed by atoms with Gasteiger partial charge in [-0.05, 0) is 59.2 Å². The minimum atomic E-state index is -0.213. The standard InChI is InChI=1S/C13H12BrClFNS/c1-17-12(13-6-9(14)7-18-13)5-8-4-10(15)2-3-11(8)16/h2-4,6-7,12,17H,5H2,1H3. The van der Waals surface area contributed by atoms with E-state index in [0.717, 1.165) is 4.47 Å². The van der Waals surface area contributed by atoms with Crippen molar-refractivity contribution in [1.82, 2.24) is 5.32 Å². The third kappa shape index (κ3) is 3.32. The lowest BCUT2D eigenvalue weighted by Gasteiger charge is -2.15. The molecule has 96 valence electrons. The predicted octanol–water partition coefficient (Wildman–Crippen LogP) is 4.81. The van der Waals surface area contributed by atoms with Crippen molar-refractivity contribution in [2.24, 2.45) is 0 Å². The largest absolute Gasteiger partial charge is 0.312 e. The Hall–Kier alpha value is -0.420. The van der Waals surface area contributed by atoms with Gasteiger partial charge in [0, 0.05) is 25.8 Å². The van der Waals surface area contributed by atoms with Gasteiger partial charge in [0.1, 0.15) is 5.82 Å². The van der Waals surface area contributed by atoms with Crippen LogP contribution in [0.5, 0.6) is 0 Å². The summed E-state index contributed by atoms with van der Waals surface area (Å²) in [7, 11) is 1.88. The normalized spacial score (nSPS) is 12.7. The first-order valence-electron chi connectivity index (χ1n) is 5.45. The maximum atomic E-state index is 13.7. The Balaban J connectivity index is 2.22. The average Bonchev–Trinajstić information content (AvgIpc) is 2.77. The number of nitrogens with one attached hydrogen (secondary N) is 1. The molecule has 5 heteroatoms. The van der Waals surface area contributed by atoms with Crippen molar-refractivity contribution >= 4 is 38.9 Å². The number of rotatable bonds is 4. The molecule has 2 aromatic rings. The molecule has 0 amide bonds. The minimum absolute atomic E-state index is 0.0919. The van der Waals surface area contributed by atoms with E-state index in [1.54, 1.807) is 23.5 Å². The number of hydrogen-bond acceptors (Lipinski definition) is 2. The van der Waals surface area contributed by atoms with Gasteiger partial charge in [-0.2, -0.15) is 0 Å². The van der Waals surface area contributed by atoms with Crippen molar-refractivity contribution in [1.29, 1.82) is 0 Å². The highest BCUT2D eigenvalue weighted by Crippen LogP contribution is 2.29. The van der Waals surface area contributed by atoms with E-state index >= 15 is 0 Å². The van der Waals surface area contributed by atoms with E-state index in [0.29, 0.717) is 17.0 Å². The Kier molecular flexibility index (Phi) is 4.78. The summed E-state index contributed by atoms with van der Waals surface area (Å²) in [6.07, 6.45) is 0.579. The van der Waals surface area contributed by atoms with Crippen molar-refractivity contribution < 1.29 is 4.39 Å². The van der Waals surface area contributed by atoms with E-state index in [9.17, 15) is 4.39 Å². The van der Waals surface area contributed by atoms with Gasteiger partial charge in [-0.15, -0.1) is 11.3 Å². The van der Waals surface area contributed by atoms with E-state index < -0.39 is 0 Å². The second-order valence-electron chi connectivity index (χ2n) is 3.95. The van der Waals surface area contributed by atoms with Gasteiger partial charge in [0.15, 0.2) is 0 Å². The molecule has 0 spiro atoms. The van der Waals surface area contributed by atoms with Gasteiger partial charge in [0.2, 0.25) is 0 Å². The van der Waals surface area contributed by atoms with Crippen molar-refractivity contribution in [3.05, 3.63) is 55.4 Å². The first kappa shape index (κ1) is 14.0. The van der Waals surface area contributed by atoms with E-state index in [1.807, 2.05) is 18.5 Å². The zero-order chi connectivity index (χ0) is 13.1. The molecule has 1 atom stereocenters. The third-order valence-corrected chi connectivity index (χ3v) is 4.75. The van der Waals surface area contributed by atoms with Gasteiger partial charge in [-0.3, -0.25) is 0 Å². The number of likely N-dealkylation sites (N-methyl/N-ethyl adjacent to an activating group) is 1. The minimum Gasteiger partial charge on any atom is -0.312 e. The first-order valence-corrected chi connectivity index (χ1v) is 7.50. The molecule has 1 aromatic heterocycles. The Bertz CT molecular complexity index is 544. The van der Waals surface area contributed by atoms with Crippen molar-refractivity contribution in [3.63, 3.8) is 0 Å². The SMILES string of the molecule is CNC(Cc1cc(Cl)ccc1F)c1cc(Br)cs1. The monoisotopic (exact) mass is 347 g/mol. The number of hydrogen-bond donors (Lipinski definition) is 1. The topological polar surface area (TPSA) is 12.0 Å². The van der Waals surface area contributed by atoms with Crippen LogP contribution in [0.3, 0.4) is 0 Å². The van der Waals surface area contributed by atoms with Crippen LogP contribution >= 0.6 is 38.9 Å². The van der Waals surface area contributed by atoms with Gasteiger partial charge in [0.25, 0.3) is 0 Å².